The van der Waals surface area contributed by atoms with E-state index in [1.807, 2.05) is 11.8 Å². The lowest BCUT2D eigenvalue weighted by atomic mass is 9.88. The van der Waals surface area contributed by atoms with Crippen molar-refractivity contribution in [3.8, 4) is 0 Å². The van der Waals surface area contributed by atoms with Crippen LogP contribution in [0.1, 0.15) is 32.6 Å². The molecule has 2 aliphatic heterocycles. The molecule has 0 aromatic carbocycles. The fourth-order valence-electron chi connectivity index (χ4n) is 3.02. The van der Waals surface area contributed by atoms with Crippen molar-refractivity contribution >= 4 is 23.6 Å². The number of carbonyl (C=O) groups is 2. The average molecular weight is 300 g/mol. The fourth-order valence-corrected chi connectivity index (χ4v) is 3.97. The lowest BCUT2D eigenvalue weighted by molar-refractivity contribution is -0.153. The van der Waals surface area contributed by atoms with Gasteiger partial charge in [-0.05, 0) is 18.8 Å². The Morgan fingerprint density at radius 1 is 1.45 bits per heavy atom. The zero-order valence-electron chi connectivity index (χ0n) is 12.0. The smallest absolute Gasteiger partial charge is 0.326 e. The minimum atomic E-state index is -0.859. The number of thioether (sulfide) groups is 1. The second-order valence-corrected chi connectivity index (χ2v) is 6.82. The summed E-state index contributed by atoms with van der Waals surface area (Å²) in [6, 6.07) is -0.433. The maximum absolute atomic E-state index is 12.4. The van der Waals surface area contributed by atoms with Crippen LogP contribution in [-0.4, -0.2) is 58.6 Å². The van der Waals surface area contributed by atoms with Gasteiger partial charge in [0.05, 0.1) is 0 Å². The average Bonchev–Trinajstić information content (AvgIpc) is 2.47. The number of piperidine rings is 1. The quantitative estimate of drug-likeness (QED) is 0.816. The van der Waals surface area contributed by atoms with Crippen LogP contribution in [-0.2, 0) is 9.59 Å². The summed E-state index contributed by atoms with van der Waals surface area (Å²) < 4.78 is 0. The normalized spacial score (nSPS) is 31.1. The molecule has 0 aromatic rings. The zero-order valence-corrected chi connectivity index (χ0v) is 12.8. The molecular formula is C14H24N2O3S. The third-order valence-corrected chi connectivity index (χ3v) is 5.44. The van der Waals surface area contributed by atoms with E-state index in [-0.39, 0.29) is 11.9 Å². The summed E-state index contributed by atoms with van der Waals surface area (Å²) in [6.45, 7) is 3.61. The Morgan fingerprint density at radius 3 is 2.85 bits per heavy atom. The maximum Gasteiger partial charge on any atom is 0.326 e. The third-order valence-electron chi connectivity index (χ3n) is 4.31. The topological polar surface area (TPSA) is 69.6 Å². The Kier molecular flexibility index (Phi) is 5.72. The second kappa shape index (κ2) is 7.31. The Hall–Kier alpha value is -0.750. The molecular weight excluding hydrogens is 276 g/mol. The van der Waals surface area contributed by atoms with Gasteiger partial charge in [0.25, 0.3) is 0 Å². The number of carboxylic acids is 1. The summed E-state index contributed by atoms with van der Waals surface area (Å²) in [5.41, 5.74) is 0. The molecule has 0 saturated carbocycles. The SMILES string of the molecule is CCC1CCN(C(=O)CC2CSCCN2)C(C(=O)O)C1. The van der Waals surface area contributed by atoms with Crippen LogP contribution in [0.25, 0.3) is 0 Å². The molecule has 0 aromatic heterocycles. The standard InChI is InChI=1S/C14H24N2O3S/c1-2-10-3-5-16(12(7-10)14(18)19)13(17)8-11-9-20-6-4-15-11/h10-12,15H,2-9H2,1H3,(H,18,19). The first-order valence-corrected chi connectivity index (χ1v) is 8.60. The molecule has 0 aliphatic carbocycles. The van der Waals surface area contributed by atoms with Gasteiger partial charge in [-0.25, -0.2) is 4.79 Å². The van der Waals surface area contributed by atoms with Gasteiger partial charge in [-0.3, -0.25) is 4.79 Å². The van der Waals surface area contributed by atoms with E-state index in [0.29, 0.717) is 25.3 Å². The lowest BCUT2D eigenvalue weighted by Gasteiger charge is -2.38. The molecule has 2 saturated heterocycles. The van der Waals surface area contributed by atoms with E-state index in [1.54, 1.807) is 4.90 Å². The molecule has 6 heteroatoms. The summed E-state index contributed by atoms with van der Waals surface area (Å²) in [5.74, 6) is 1.59. The molecule has 0 spiro atoms. The van der Waals surface area contributed by atoms with E-state index in [9.17, 15) is 14.7 Å². The Labute approximate surface area is 124 Å². The molecule has 0 radical (unpaired) electrons. The summed E-state index contributed by atoms with van der Waals surface area (Å²) in [5, 5.41) is 12.7. The van der Waals surface area contributed by atoms with Crippen molar-refractivity contribution in [2.45, 2.75) is 44.7 Å². The van der Waals surface area contributed by atoms with Crippen LogP contribution >= 0.6 is 11.8 Å². The molecule has 5 nitrogen and oxygen atoms in total. The van der Waals surface area contributed by atoms with Gasteiger partial charge in [-0.1, -0.05) is 13.3 Å². The van der Waals surface area contributed by atoms with E-state index in [2.05, 4.69) is 12.2 Å². The number of amides is 1. The molecule has 0 bridgehead atoms. The number of aliphatic carboxylic acids is 1. The van der Waals surface area contributed by atoms with Gasteiger partial charge >= 0.3 is 5.97 Å². The summed E-state index contributed by atoms with van der Waals surface area (Å²) in [6.07, 6.45) is 2.95. The highest BCUT2D eigenvalue weighted by molar-refractivity contribution is 7.99. The first-order chi connectivity index (χ1) is 9.61. The predicted octanol–water partition coefficient (Wildman–Crippen LogP) is 1.18. The molecule has 2 aliphatic rings. The number of hydrogen-bond donors (Lipinski definition) is 2. The first kappa shape index (κ1) is 15.6. The Balaban J connectivity index is 1.94. The van der Waals surface area contributed by atoms with Crippen molar-refractivity contribution in [3.05, 3.63) is 0 Å². The summed E-state index contributed by atoms with van der Waals surface area (Å²) >= 11 is 1.85. The van der Waals surface area contributed by atoms with Crippen LogP contribution < -0.4 is 5.32 Å². The van der Waals surface area contributed by atoms with Gasteiger partial charge in [0, 0.05) is 37.1 Å². The number of hydrogen-bond acceptors (Lipinski definition) is 4. The number of rotatable bonds is 4. The van der Waals surface area contributed by atoms with Gasteiger partial charge in [0.2, 0.25) is 5.91 Å². The predicted molar refractivity (Wildman–Crippen MR) is 79.9 cm³/mol. The highest BCUT2D eigenvalue weighted by atomic mass is 32.2. The van der Waals surface area contributed by atoms with Crippen molar-refractivity contribution in [2.75, 3.05) is 24.6 Å². The van der Waals surface area contributed by atoms with Crippen molar-refractivity contribution in [1.29, 1.82) is 0 Å². The van der Waals surface area contributed by atoms with Gasteiger partial charge in [0.1, 0.15) is 6.04 Å². The number of carbonyl (C=O) groups excluding carboxylic acids is 1. The van der Waals surface area contributed by atoms with Crippen molar-refractivity contribution < 1.29 is 14.7 Å². The molecule has 20 heavy (non-hydrogen) atoms. The van der Waals surface area contributed by atoms with Crippen molar-refractivity contribution in [1.82, 2.24) is 10.2 Å². The number of nitrogens with one attached hydrogen (secondary N) is 1. The van der Waals surface area contributed by atoms with E-state index in [4.69, 9.17) is 0 Å². The summed E-state index contributed by atoms with van der Waals surface area (Å²) in [7, 11) is 0. The van der Waals surface area contributed by atoms with Gasteiger partial charge in [-0.2, -0.15) is 11.8 Å². The molecule has 2 heterocycles. The molecule has 1 amide bonds. The van der Waals surface area contributed by atoms with E-state index < -0.39 is 12.0 Å². The zero-order chi connectivity index (χ0) is 14.5. The first-order valence-electron chi connectivity index (χ1n) is 7.45. The van der Waals surface area contributed by atoms with Crippen LogP contribution in [0.15, 0.2) is 0 Å². The lowest BCUT2D eigenvalue weighted by Crippen LogP contribution is -2.52. The van der Waals surface area contributed by atoms with Gasteiger partial charge in [0.15, 0.2) is 0 Å². The molecule has 3 atom stereocenters. The van der Waals surface area contributed by atoms with Gasteiger partial charge in [-0.15, -0.1) is 0 Å². The number of nitrogens with zero attached hydrogens (tertiary/aromatic N) is 1. The molecule has 2 N–H and O–H groups in total. The molecule has 2 fully saturated rings. The molecule has 3 unspecified atom stereocenters. The minimum absolute atomic E-state index is 0.00745. The van der Waals surface area contributed by atoms with Crippen LogP contribution in [0.5, 0.6) is 0 Å². The van der Waals surface area contributed by atoms with E-state index in [1.165, 1.54) is 0 Å². The highest BCUT2D eigenvalue weighted by Gasteiger charge is 2.36. The highest BCUT2D eigenvalue weighted by Crippen LogP contribution is 2.26. The van der Waals surface area contributed by atoms with Crippen molar-refractivity contribution in [3.63, 3.8) is 0 Å². The summed E-state index contributed by atoms with van der Waals surface area (Å²) in [4.78, 5) is 25.4. The molecule has 2 rings (SSSR count). The Morgan fingerprint density at radius 2 is 2.25 bits per heavy atom. The van der Waals surface area contributed by atoms with Crippen molar-refractivity contribution in [2.24, 2.45) is 5.92 Å². The number of carboxylic acid groups (broad SMARTS) is 1. The largest absolute Gasteiger partial charge is 0.480 e. The maximum atomic E-state index is 12.4. The number of likely N-dealkylation sites (tertiary alicyclic amines) is 1. The van der Waals surface area contributed by atoms with Crippen LogP contribution in [0.4, 0.5) is 0 Å². The van der Waals surface area contributed by atoms with Crippen LogP contribution in [0.3, 0.4) is 0 Å². The fraction of sp³-hybridized carbons (Fsp3) is 0.857. The van der Waals surface area contributed by atoms with Crippen LogP contribution in [0.2, 0.25) is 0 Å². The molecule has 114 valence electrons. The monoisotopic (exact) mass is 300 g/mol. The van der Waals surface area contributed by atoms with Gasteiger partial charge < -0.3 is 15.3 Å². The third kappa shape index (κ3) is 3.88. The minimum Gasteiger partial charge on any atom is -0.480 e. The Bertz CT molecular complexity index is 358. The van der Waals surface area contributed by atoms with E-state index in [0.717, 1.165) is 30.9 Å². The second-order valence-electron chi connectivity index (χ2n) is 5.67. The van der Waals surface area contributed by atoms with E-state index >= 15 is 0 Å². The van der Waals surface area contributed by atoms with Crippen LogP contribution in [0, 0.1) is 5.92 Å².